The Morgan fingerprint density at radius 2 is 1.77 bits per heavy atom. The van der Waals surface area contributed by atoms with Gasteiger partial charge in [-0.2, -0.15) is 5.26 Å². The van der Waals surface area contributed by atoms with Crippen molar-refractivity contribution in [2.24, 2.45) is 0 Å². The molecule has 3 rings (SSSR count). The Kier molecular flexibility index (Phi) is 8.19. The van der Waals surface area contributed by atoms with Gasteiger partial charge < -0.3 is 9.64 Å². The summed E-state index contributed by atoms with van der Waals surface area (Å²) in [6.07, 6.45) is 1.30. The van der Waals surface area contributed by atoms with Crippen LogP contribution in [-0.2, 0) is 6.42 Å². The van der Waals surface area contributed by atoms with Crippen LogP contribution in [0.4, 0.5) is 0 Å². The molecule has 0 atom stereocenters. The number of ether oxygens (including phenoxy) is 1. The summed E-state index contributed by atoms with van der Waals surface area (Å²) in [6, 6.07) is 19.5. The predicted octanol–water partition coefficient (Wildman–Crippen LogP) is 2.85. The third kappa shape index (κ3) is 6.28. The third-order valence-corrected chi connectivity index (χ3v) is 5.40. The Morgan fingerprint density at radius 3 is 2.50 bits per heavy atom. The Labute approximate surface area is 183 Å². The summed E-state index contributed by atoms with van der Waals surface area (Å²) in [6.45, 7) is 4.40. The van der Waals surface area contributed by atoms with Crippen molar-refractivity contribution >= 4 is 23.2 Å². The number of para-hydroxylation sites is 1. The molecule has 0 spiro atoms. The molecule has 1 amide bonds. The Morgan fingerprint density at radius 1 is 1.07 bits per heavy atom. The van der Waals surface area contributed by atoms with Crippen molar-refractivity contribution in [1.29, 1.82) is 5.26 Å². The minimum atomic E-state index is -0.262. The number of nitrogens with one attached hydrogen (secondary N) is 1. The first-order chi connectivity index (χ1) is 14.7. The van der Waals surface area contributed by atoms with Crippen LogP contribution in [0.1, 0.15) is 22.3 Å². The number of benzene rings is 2. The number of piperazine rings is 1. The van der Waals surface area contributed by atoms with E-state index >= 15 is 0 Å². The smallest absolute Gasteiger partial charge is 0.261 e. The largest absolute Gasteiger partial charge is 0.492 e. The second-order valence-corrected chi connectivity index (χ2v) is 7.46. The van der Waals surface area contributed by atoms with Crippen molar-refractivity contribution < 1.29 is 9.53 Å². The molecule has 1 saturated heterocycles. The van der Waals surface area contributed by atoms with Gasteiger partial charge in [-0.25, -0.2) is 0 Å². The molecule has 1 N–H and O–H groups in total. The molecule has 2 aromatic rings. The number of thiocarbonyl (C=S) groups is 1. The molecule has 1 aliphatic rings. The van der Waals surface area contributed by atoms with E-state index in [1.165, 1.54) is 5.56 Å². The highest BCUT2D eigenvalue weighted by molar-refractivity contribution is 7.80. The molecular formula is C23H26N4O2S. The summed E-state index contributed by atoms with van der Waals surface area (Å²) in [5.74, 6) is 0.289. The zero-order valence-corrected chi connectivity index (χ0v) is 17.7. The normalized spacial score (nSPS) is 14.0. The van der Waals surface area contributed by atoms with E-state index in [1.54, 1.807) is 12.1 Å². The number of hydrogen-bond donors (Lipinski definition) is 1. The highest BCUT2D eigenvalue weighted by Gasteiger charge is 2.21. The van der Waals surface area contributed by atoms with Crippen molar-refractivity contribution in [2.75, 3.05) is 39.3 Å². The lowest BCUT2D eigenvalue weighted by atomic mass is 10.1. The fourth-order valence-electron chi connectivity index (χ4n) is 3.33. The lowest BCUT2D eigenvalue weighted by molar-refractivity contribution is 0.0965. The van der Waals surface area contributed by atoms with Crippen LogP contribution >= 0.6 is 12.2 Å². The molecule has 156 valence electrons. The van der Waals surface area contributed by atoms with Gasteiger partial charge in [0.25, 0.3) is 5.91 Å². The first-order valence-electron chi connectivity index (χ1n) is 10.1. The third-order valence-electron chi connectivity index (χ3n) is 5.04. The summed E-state index contributed by atoms with van der Waals surface area (Å²) in [5, 5.41) is 12.0. The molecule has 0 radical (unpaired) electrons. The molecular weight excluding hydrogens is 396 g/mol. The van der Waals surface area contributed by atoms with E-state index in [4.69, 9.17) is 22.2 Å². The maximum atomic E-state index is 12.8. The number of hydrogen-bond acceptors (Lipinski definition) is 5. The second kappa shape index (κ2) is 11.3. The first kappa shape index (κ1) is 21.8. The second-order valence-electron chi connectivity index (χ2n) is 7.08. The summed E-state index contributed by atoms with van der Waals surface area (Å²) in [7, 11) is 0. The fourth-order valence-corrected chi connectivity index (χ4v) is 3.61. The molecule has 7 heteroatoms. The van der Waals surface area contributed by atoms with Crippen LogP contribution in [0.5, 0.6) is 5.75 Å². The number of nitriles is 1. The van der Waals surface area contributed by atoms with Crippen molar-refractivity contribution in [1.82, 2.24) is 15.1 Å². The van der Waals surface area contributed by atoms with Crippen molar-refractivity contribution in [3.8, 4) is 11.8 Å². The van der Waals surface area contributed by atoms with Gasteiger partial charge in [-0.1, -0.05) is 42.5 Å². The lowest BCUT2D eigenvalue weighted by Crippen LogP contribution is -2.52. The van der Waals surface area contributed by atoms with E-state index in [1.807, 2.05) is 35.2 Å². The quantitative estimate of drug-likeness (QED) is 0.692. The molecule has 1 heterocycles. The van der Waals surface area contributed by atoms with E-state index < -0.39 is 0 Å². The van der Waals surface area contributed by atoms with Gasteiger partial charge in [0.2, 0.25) is 0 Å². The standard InChI is InChI=1S/C23H26N4O2S/c24-12-6-13-26-14-16-27(17-15-26)23(30)25-22(28)20-9-4-5-10-21(20)29-18-11-19-7-2-1-3-8-19/h1-5,7-10H,6,11,13-18H2,(H,25,28,30). The maximum Gasteiger partial charge on any atom is 0.261 e. The minimum Gasteiger partial charge on any atom is -0.492 e. The van der Waals surface area contributed by atoms with Gasteiger partial charge in [0.05, 0.1) is 18.2 Å². The number of carbonyl (C=O) groups is 1. The average Bonchev–Trinajstić information content (AvgIpc) is 2.79. The summed E-state index contributed by atoms with van der Waals surface area (Å²) < 4.78 is 5.89. The Balaban J connectivity index is 1.51. The van der Waals surface area contributed by atoms with Crippen LogP contribution in [0.15, 0.2) is 54.6 Å². The molecule has 0 bridgehead atoms. The van der Waals surface area contributed by atoms with E-state index in [0.717, 1.165) is 39.1 Å². The molecule has 0 aliphatic carbocycles. The minimum absolute atomic E-state index is 0.262. The molecule has 2 aromatic carbocycles. The predicted molar refractivity (Wildman–Crippen MR) is 120 cm³/mol. The molecule has 1 aliphatic heterocycles. The molecule has 6 nitrogen and oxygen atoms in total. The molecule has 0 unspecified atom stereocenters. The van der Waals surface area contributed by atoms with Gasteiger partial charge in [-0.15, -0.1) is 0 Å². The zero-order valence-electron chi connectivity index (χ0n) is 16.9. The number of nitrogens with zero attached hydrogens (tertiary/aromatic N) is 3. The van der Waals surface area contributed by atoms with Crippen LogP contribution in [-0.4, -0.2) is 60.2 Å². The Bertz CT molecular complexity index is 890. The van der Waals surface area contributed by atoms with Gasteiger partial charge in [0, 0.05) is 45.6 Å². The van der Waals surface area contributed by atoms with E-state index in [-0.39, 0.29) is 5.91 Å². The van der Waals surface area contributed by atoms with Crippen LogP contribution in [0.25, 0.3) is 0 Å². The molecule has 0 aromatic heterocycles. The molecule has 1 fully saturated rings. The van der Waals surface area contributed by atoms with Crippen molar-refractivity contribution in [2.45, 2.75) is 12.8 Å². The van der Waals surface area contributed by atoms with Crippen LogP contribution < -0.4 is 10.1 Å². The zero-order chi connectivity index (χ0) is 21.2. The number of carbonyl (C=O) groups excluding carboxylic acids is 1. The van der Waals surface area contributed by atoms with Crippen LogP contribution in [0.2, 0.25) is 0 Å². The van der Waals surface area contributed by atoms with E-state index in [9.17, 15) is 4.79 Å². The number of rotatable bonds is 7. The first-order valence-corrected chi connectivity index (χ1v) is 10.5. The van der Waals surface area contributed by atoms with Crippen LogP contribution in [0, 0.1) is 11.3 Å². The van der Waals surface area contributed by atoms with E-state index in [2.05, 4.69) is 28.4 Å². The van der Waals surface area contributed by atoms with E-state index in [0.29, 0.717) is 29.5 Å². The van der Waals surface area contributed by atoms with Gasteiger partial charge in [-0.05, 0) is 29.9 Å². The Hall–Kier alpha value is -2.95. The van der Waals surface area contributed by atoms with Crippen molar-refractivity contribution in [3.05, 3.63) is 65.7 Å². The molecule has 0 saturated carbocycles. The maximum absolute atomic E-state index is 12.8. The summed E-state index contributed by atoms with van der Waals surface area (Å²) >= 11 is 5.45. The molecule has 30 heavy (non-hydrogen) atoms. The van der Waals surface area contributed by atoms with Gasteiger partial charge in [0.1, 0.15) is 5.75 Å². The fraction of sp³-hybridized carbons (Fsp3) is 0.348. The highest BCUT2D eigenvalue weighted by Crippen LogP contribution is 2.18. The van der Waals surface area contributed by atoms with Crippen molar-refractivity contribution in [3.63, 3.8) is 0 Å². The highest BCUT2D eigenvalue weighted by atomic mass is 32.1. The summed E-state index contributed by atoms with van der Waals surface area (Å²) in [4.78, 5) is 17.0. The van der Waals surface area contributed by atoms with Gasteiger partial charge in [-0.3, -0.25) is 15.0 Å². The summed E-state index contributed by atoms with van der Waals surface area (Å²) in [5.41, 5.74) is 1.66. The average molecular weight is 423 g/mol. The lowest BCUT2D eigenvalue weighted by Gasteiger charge is -2.35. The van der Waals surface area contributed by atoms with Gasteiger partial charge >= 0.3 is 0 Å². The van der Waals surface area contributed by atoms with Crippen LogP contribution in [0.3, 0.4) is 0 Å². The SMILES string of the molecule is N#CCCN1CCN(C(=S)NC(=O)c2ccccc2OCCc2ccccc2)CC1. The monoisotopic (exact) mass is 422 g/mol. The number of amides is 1. The topological polar surface area (TPSA) is 68.6 Å². The van der Waals surface area contributed by atoms with Gasteiger partial charge in [0.15, 0.2) is 5.11 Å².